The smallest absolute Gasteiger partial charge is 0.290 e. The molecule has 0 saturated heterocycles. The zero-order valence-electron chi connectivity index (χ0n) is 15.1. The molecule has 2 rings (SSSR count). The molecule has 1 aliphatic rings. The molecule has 0 aromatic heterocycles. The number of halogens is 1. The van der Waals surface area contributed by atoms with Crippen molar-refractivity contribution in [1.82, 2.24) is 4.90 Å². The van der Waals surface area contributed by atoms with Crippen molar-refractivity contribution in [2.75, 3.05) is 6.54 Å². The predicted octanol–water partition coefficient (Wildman–Crippen LogP) is 4.33. The summed E-state index contributed by atoms with van der Waals surface area (Å²) in [5.74, 6) is -1.47. The van der Waals surface area contributed by atoms with Gasteiger partial charge >= 0.3 is 0 Å². The number of aliphatic hydroxyl groups is 1. The Morgan fingerprint density at radius 2 is 1.88 bits per heavy atom. The van der Waals surface area contributed by atoms with E-state index in [1.807, 2.05) is 13.8 Å². The number of carbonyl (C=O) groups excluding carboxylic acids is 2. The molecule has 0 fully saturated rings. The third-order valence-corrected chi connectivity index (χ3v) is 4.39. The standard InChI is InChI=1S/C20H26FNO3/c1-4-5-6-11-22-18(14-7-9-15(21)10-8-14)17(19(24)20(22)25)16(23)12-13(2)3/h7-10,13,18,24H,4-6,11-12H2,1-3H3. The monoisotopic (exact) mass is 347 g/mol. The van der Waals surface area contributed by atoms with E-state index < -0.39 is 17.7 Å². The normalized spacial score (nSPS) is 17.7. The number of rotatable bonds is 8. The minimum atomic E-state index is -0.642. The van der Waals surface area contributed by atoms with Gasteiger partial charge in [0.05, 0.1) is 11.6 Å². The van der Waals surface area contributed by atoms with Crippen LogP contribution >= 0.6 is 0 Å². The van der Waals surface area contributed by atoms with E-state index in [0.29, 0.717) is 12.1 Å². The second-order valence-electron chi connectivity index (χ2n) is 6.94. The molecule has 5 heteroatoms. The highest BCUT2D eigenvalue weighted by atomic mass is 19.1. The Morgan fingerprint density at radius 3 is 2.44 bits per heavy atom. The second kappa shape index (κ2) is 8.28. The number of unbranched alkanes of at least 4 members (excludes halogenated alkanes) is 2. The molecule has 25 heavy (non-hydrogen) atoms. The SMILES string of the molecule is CCCCCN1C(=O)C(O)=C(C(=O)CC(C)C)C1c1ccc(F)cc1. The summed E-state index contributed by atoms with van der Waals surface area (Å²) in [4.78, 5) is 26.7. The Bertz CT molecular complexity index is 664. The van der Waals surface area contributed by atoms with Gasteiger partial charge in [-0.2, -0.15) is 0 Å². The molecular formula is C20H26FNO3. The number of aliphatic hydroxyl groups excluding tert-OH is 1. The van der Waals surface area contributed by atoms with Crippen LogP contribution in [0.1, 0.15) is 58.1 Å². The molecule has 0 radical (unpaired) electrons. The van der Waals surface area contributed by atoms with Crippen molar-refractivity contribution < 1.29 is 19.1 Å². The maximum atomic E-state index is 13.3. The molecule has 1 N–H and O–H groups in total. The van der Waals surface area contributed by atoms with E-state index in [4.69, 9.17) is 0 Å². The summed E-state index contributed by atoms with van der Waals surface area (Å²) in [6, 6.07) is 5.12. The fraction of sp³-hybridized carbons (Fsp3) is 0.500. The van der Waals surface area contributed by atoms with Gasteiger partial charge in [0.2, 0.25) is 0 Å². The molecule has 1 unspecified atom stereocenters. The van der Waals surface area contributed by atoms with Crippen LogP contribution in [0.15, 0.2) is 35.6 Å². The topological polar surface area (TPSA) is 57.6 Å². The van der Waals surface area contributed by atoms with Gasteiger partial charge in [-0.05, 0) is 30.0 Å². The number of hydrogen-bond donors (Lipinski definition) is 1. The van der Waals surface area contributed by atoms with Crippen LogP contribution in [0, 0.1) is 11.7 Å². The molecule has 1 aromatic rings. The highest BCUT2D eigenvalue weighted by molar-refractivity contribution is 6.09. The number of hydrogen-bond acceptors (Lipinski definition) is 3. The van der Waals surface area contributed by atoms with Gasteiger partial charge in [-0.25, -0.2) is 4.39 Å². The van der Waals surface area contributed by atoms with Crippen LogP contribution in [0.5, 0.6) is 0 Å². The Kier molecular flexibility index (Phi) is 6.34. The molecule has 4 nitrogen and oxygen atoms in total. The number of nitrogens with zero attached hydrogens (tertiary/aromatic N) is 1. The summed E-state index contributed by atoms with van der Waals surface area (Å²) in [7, 11) is 0. The van der Waals surface area contributed by atoms with Gasteiger partial charge in [-0.15, -0.1) is 0 Å². The minimum absolute atomic E-state index is 0.117. The third-order valence-electron chi connectivity index (χ3n) is 4.39. The van der Waals surface area contributed by atoms with Gasteiger partial charge in [0.15, 0.2) is 11.5 Å². The first-order valence-corrected chi connectivity index (χ1v) is 8.89. The molecular weight excluding hydrogens is 321 g/mol. The molecule has 136 valence electrons. The molecule has 1 amide bonds. The zero-order valence-corrected chi connectivity index (χ0v) is 15.1. The van der Waals surface area contributed by atoms with E-state index in [-0.39, 0.29) is 29.5 Å². The highest BCUT2D eigenvalue weighted by Gasteiger charge is 2.42. The molecule has 1 aliphatic heterocycles. The summed E-state index contributed by atoms with van der Waals surface area (Å²) < 4.78 is 13.3. The summed E-state index contributed by atoms with van der Waals surface area (Å²) in [6.45, 7) is 6.35. The van der Waals surface area contributed by atoms with Crippen LogP contribution in [-0.4, -0.2) is 28.2 Å². The lowest BCUT2D eigenvalue weighted by atomic mass is 9.92. The zero-order chi connectivity index (χ0) is 18.6. The van der Waals surface area contributed by atoms with Crippen LogP contribution in [0.25, 0.3) is 0 Å². The van der Waals surface area contributed by atoms with Crippen LogP contribution in [0.3, 0.4) is 0 Å². The maximum Gasteiger partial charge on any atom is 0.290 e. The van der Waals surface area contributed by atoms with Crippen molar-refractivity contribution in [2.45, 2.75) is 52.5 Å². The quantitative estimate of drug-likeness (QED) is 0.712. The van der Waals surface area contributed by atoms with E-state index in [1.54, 1.807) is 12.1 Å². The molecule has 0 aliphatic carbocycles. The summed E-state index contributed by atoms with van der Waals surface area (Å²) >= 11 is 0. The van der Waals surface area contributed by atoms with Crippen molar-refractivity contribution >= 4 is 11.7 Å². The van der Waals surface area contributed by atoms with Gasteiger partial charge in [0, 0.05) is 13.0 Å². The second-order valence-corrected chi connectivity index (χ2v) is 6.94. The predicted molar refractivity (Wildman–Crippen MR) is 94.5 cm³/mol. The van der Waals surface area contributed by atoms with Gasteiger partial charge in [-0.3, -0.25) is 9.59 Å². The van der Waals surface area contributed by atoms with Crippen LogP contribution < -0.4 is 0 Å². The number of ketones is 1. The van der Waals surface area contributed by atoms with Gasteiger partial charge in [0.25, 0.3) is 5.91 Å². The fourth-order valence-corrected chi connectivity index (χ4v) is 3.17. The molecule has 1 heterocycles. The Labute approximate surface area is 148 Å². The molecule has 1 aromatic carbocycles. The fourth-order valence-electron chi connectivity index (χ4n) is 3.17. The van der Waals surface area contributed by atoms with E-state index >= 15 is 0 Å². The number of carbonyl (C=O) groups is 2. The van der Waals surface area contributed by atoms with Crippen LogP contribution in [0.4, 0.5) is 4.39 Å². The Morgan fingerprint density at radius 1 is 1.24 bits per heavy atom. The third kappa shape index (κ3) is 4.27. The summed E-state index contributed by atoms with van der Waals surface area (Å²) in [6.07, 6.45) is 3.00. The van der Waals surface area contributed by atoms with Crippen molar-refractivity contribution in [3.05, 3.63) is 47.0 Å². The summed E-state index contributed by atoms with van der Waals surface area (Å²) in [5, 5.41) is 10.3. The van der Waals surface area contributed by atoms with Gasteiger partial charge in [0.1, 0.15) is 5.82 Å². The lowest BCUT2D eigenvalue weighted by Crippen LogP contribution is -2.32. The first-order valence-electron chi connectivity index (χ1n) is 8.89. The number of amides is 1. The van der Waals surface area contributed by atoms with Crippen molar-refractivity contribution in [3.8, 4) is 0 Å². The minimum Gasteiger partial charge on any atom is -0.503 e. The lowest BCUT2D eigenvalue weighted by Gasteiger charge is -2.27. The van der Waals surface area contributed by atoms with Crippen molar-refractivity contribution in [2.24, 2.45) is 5.92 Å². The first-order chi connectivity index (χ1) is 11.9. The Hall–Kier alpha value is -2.17. The maximum absolute atomic E-state index is 13.3. The highest BCUT2D eigenvalue weighted by Crippen LogP contribution is 2.38. The van der Waals surface area contributed by atoms with Crippen molar-refractivity contribution in [3.63, 3.8) is 0 Å². The largest absolute Gasteiger partial charge is 0.503 e. The van der Waals surface area contributed by atoms with E-state index in [0.717, 1.165) is 19.3 Å². The van der Waals surface area contributed by atoms with E-state index in [1.165, 1.54) is 17.0 Å². The van der Waals surface area contributed by atoms with Gasteiger partial charge in [-0.1, -0.05) is 45.7 Å². The van der Waals surface area contributed by atoms with E-state index in [9.17, 15) is 19.1 Å². The van der Waals surface area contributed by atoms with Gasteiger partial charge < -0.3 is 10.0 Å². The number of Topliss-reactive ketones (excluding diaryl/α,β-unsaturated/α-hetero) is 1. The molecule has 1 atom stereocenters. The van der Waals surface area contributed by atoms with Crippen LogP contribution in [0.2, 0.25) is 0 Å². The average Bonchev–Trinajstić information content (AvgIpc) is 2.80. The molecule has 0 bridgehead atoms. The Balaban J connectivity index is 2.40. The first kappa shape index (κ1) is 19.2. The lowest BCUT2D eigenvalue weighted by molar-refractivity contribution is -0.129. The summed E-state index contributed by atoms with van der Waals surface area (Å²) in [5.41, 5.74) is 0.782. The molecule has 0 saturated carbocycles. The van der Waals surface area contributed by atoms with E-state index in [2.05, 4.69) is 6.92 Å². The average molecular weight is 347 g/mol. The van der Waals surface area contributed by atoms with Crippen molar-refractivity contribution in [1.29, 1.82) is 0 Å². The molecule has 0 spiro atoms. The number of benzene rings is 1. The van der Waals surface area contributed by atoms with Crippen LogP contribution in [-0.2, 0) is 9.59 Å².